The van der Waals surface area contributed by atoms with Gasteiger partial charge in [0.25, 0.3) is 0 Å². The molecule has 0 saturated heterocycles. The van der Waals surface area contributed by atoms with Crippen molar-refractivity contribution in [2.24, 2.45) is 11.7 Å². The molecular formula is C13H20N2O2. The molecule has 0 bridgehead atoms. The summed E-state index contributed by atoms with van der Waals surface area (Å²) >= 11 is 0. The van der Waals surface area contributed by atoms with Crippen LogP contribution in [0.5, 0.6) is 0 Å². The van der Waals surface area contributed by atoms with E-state index >= 15 is 0 Å². The number of rotatable bonds is 6. The lowest BCUT2D eigenvalue weighted by Crippen LogP contribution is -2.42. The van der Waals surface area contributed by atoms with Crippen molar-refractivity contribution in [2.75, 3.05) is 19.0 Å². The highest BCUT2D eigenvalue weighted by atomic mass is 16.5. The summed E-state index contributed by atoms with van der Waals surface area (Å²) in [7, 11) is 1.61. The molecule has 4 nitrogen and oxygen atoms in total. The molecule has 0 radical (unpaired) electrons. The van der Waals surface area contributed by atoms with E-state index in [0.29, 0.717) is 6.61 Å². The van der Waals surface area contributed by atoms with Gasteiger partial charge < -0.3 is 15.8 Å². The van der Waals surface area contributed by atoms with E-state index in [2.05, 4.69) is 5.32 Å². The third kappa shape index (κ3) is 4.07. The molecule has 1 aromatic rings. The standard InChI is InChI=1S/C13H20N2O2/c1-9-5-4-6-11(7-9)15-12(13(14)16)10(2)8-17-3/h4-7,10,12,15H,8H2,1-3H3,(H2,14,16). The van der Waals surface area contributed by atoms with Crippen LogP contribution in [0.15, 0.2) is 24.3 Å². The number of ether oxygens (including phenoxy) is 1. The maximum absolute atomic E-state index is 11.4. The van der Waals surface area contributed by atoms with Crippen LogP contribution in [0.25, 0.3) is 0 Å². The van der Waals surface area contributed by atoms with Crippen molar-refractivity contribution in [1.29, 1.82) is 0 Å². The molecule has 4 heteroatoms. The summed E-state index contributed by atoms with van der Waals surface area (Å²) in [6.45, 7) is 4.43. The first-order valence-electron chi connectivity index (χ1n) is 5.66. The fourth-order valence-electron chi connectivity index (χ4n) is 1.77. The molecule has 1 amide bonds. The normalized spacial score (nSPS) is 14.1. The number of methoxy groups -OCH3 is 1. The number of nitrogens with one attached hydrogen (secondary N) is 1. The van der Waals surface area contributed by atoms with Crippen LogP contribution < -0.4 is 11.1 Å². The van der Waals surface area contributed by atoms with Crippen LogP contribution in [0, 0.1) is 12.8 Å². The molecule has 0 saturated carbocycles. The number of carbonyl (C=O) groups is 1. The van der Waals surface area contributed by atoms with E-state index in [-0.39, 0.29) is 11.8 Å². The second kappa shape index (κ2) is 6.25. The maximum Gasteiger partial charge on any atom is 0.240 e. The zero-order chi connectivity index (χ0) is 12.8. The Labute approximate surface area is 102 Å². The van der Waals surface area contributed by atoms with Crippen molar-refractivity contribution in [1.82, 2.24) is 0 Å². The summed E-state index contributed by atoms with van der Waals surface area (Å²) in [5, 5.41) is 3.15. The van der Waals surface area contributed by atoms with E-state index in [1.54, 1.807) is 7.11 Å². The van der Waals surface area contributed by atoms with Gasteiger partial charge in [-0.2, -0.15) is 0 Å². The Kier molecular flexibility index (Phi) is 4.97. The van der Waals surface area contributed by atoms with Crippen molar-refractivity contribution in [3.63, 3.8) is 0 Å². The first kappa shape index (κ1) is 13.5. The van der Waals surface area contributed by atoms with Crippen molar-refractivity contribution in [3.05, 3.63) is 29.8 Å². The minimum atomic E-state index is -0.420. The minimum absolute atomic E-state index is 0.0259. The summed E-state index contributed by atoms with van der Waals surface area (Å²) in [4.78, 5) is 11.4. The van der Waals surface area contributed by atoms with Crippen LogP contribution in [-0.2, 0) is 9.53 Å². The highest BCUT2D eigenvalue weighted by Gasteiger charge is 2.22. The second-order valence-electron chi connectivity index (χ2n) is 4.33. The average Bonchev–Trinajstić information content (AvgIpc) is 2.26. The van der Waals surface area contributed by atoms with Gasteiger partial charge in [0.05, 0.1) is 6.61 Å². The van der Waals surface area contributed by atoms with Crippen molar-refractivity contribution in [3.8, 4) is 0 Å². The van der Waals surface area contributed by atoms with Crippen LogP contribution in [0.4, 0.5) is 5.69 Å². The summed E-state index contributed by atoms with van der Waals surface area (Å²) < 4.78 is 5.05. The number of amides is 1. The van der Waals surface area contributed by atoms with Gasteiger partial charge in [0.15, 0.2) is 0 Å². The number of carbonyl (C=O) groups excluding carboxylic acids is 1. The van der Waals surface area contributed by atoms with Gasteiger partial charge in [-0.15, -0.1) is 0 Å². The number of primary amides is 1. The monoisotopic (exact) mass is 236 g/mol. The van der Waals surface area contributed by atoms with Crippen molar-refractivity contribution >= 4 is 11.6 Å². The third-order valence-corrected chi connectivity index (χ3v) is 2.65. The second-order valence-corrected chi connectivity index (χ2v) is 4.33. The Balaban J connectivity index is 2.76. The summed E-state index contributed by atoms with van der Waals surface area (Å²) in [6.07, 6.45) is 0. The molecule has 2 atom stereocenters. The van der Waals surface area contributed by atoms with E-state index in [9.17, 15) is 4.79 Å². The lowest BCUT2D eigenvalue weighted by molar-refractivity contribution is -0.120. The maximum atomic E-state index is 11.4. The van der Waals surface area contributed by atoms with E-state index in [1.165, 1.54) is 0 Å². The Morgan fingerprint density at radius 3 is 2.76 bits per heavy atom. The number of hydrogen-bond donors (Lipinski definition) is 2. The number of nitrogens with two attached hydrogens (primary N) is 1. The Morgan fingerprint density at radius 2 is 2.24 bits per heavy atom. The zero-order valence-electron chi connectivity index (χ0n) is 10.6. The molecule has 0 aromatic heterocycles. The quantitative estimate of drug-likeness (QED) is 0.787. The average molecular weight is 236 g/mol. The van der Waals surface area contributed by atoms with Gasteiger partial charge in [-0.25, -0.2) is 0 Å². The summed E-state index contributed by atoms with van der Waals surface area (Å²) in [6, 6.07) is 7.43. The lowest BCUT2D eigenvalue weighted by atomic mass is 10.0. The number of benzene rings is 1. The molecule has 3 N–H and O–H groups in total. The van der Waals surface area contributed by atoms with Gasteiger partial charge in [0, 0.05) is 18.7 Å². The van der Waals surface area contributed by atoms with Crippen LogP contribution in [0.3, 0.4) is 0 Å². The molecule has 1 aromatic carbocycles. The Bertz CT molecular complexity index is 379. The fraction of sp³-hybridized carbons (Fsp3) is 0.462. The first-order chi connectivity index (χ1) is 8.04. The number of hydrogen-bond acceptors (Lipinski definition) is 3. The van der Waals surface area contributed by atoms with E-state index in [4.69, 9.17) is 10.5 Å². The van der Waals surface area contributed by atoms with Crippen LogP contribution in [0.2, 0.25) is 0 Å². The highest BCUT2D eigenvalue weighted by Crippen LogP contribution is 2.14. The van der Waals surface area contributed by atoms with Gasteiger partial charge >= 0.3 is 0 Å². The number of aryl methyl sites for hydroxylation is 1. The molecule has 1 rings (SSSR count). The molecule has 94 valence electrons. The van der Waals surface area contributed by atoms with Gasteiger partial charge in [-0.3, -0.25) is 4.79 Å². The molecule has 2 unspecified atom stereocenters. The van der Waals surface area contributed by atoms with Gasteiger partial charge in [0.2, 0.25) is 5.91 Å². The topological polar surface area (TPSA) is 64.3 Å². The van der Waals surface area contributed by atoms with Gasteiger partial charge in [0.1, 0.15) is 6.04 Å². The molecular weight excluding hydrogens is 216 g/mol. The van der Waals surface area contributed by atoms with Crippen molar-refractivity contribution in [2.45, 2.75) is 19.9 Å². The lowest BCUT2D eigenvalue weighted by Gasteiger charge is -2.22. The molecule has 0 heterocycles. The Morgan fingerprint density at radius 1 is 1.53 bits per heavy atom. The van der Waals surface area contributed by atoms with Crippen LogP contribution >= 0.6 is 0 Å². The molecule has 0 aliphatic carbocycles. The molecule has 0 spiro atoms. The minimum Gasteiger partial charge on any atom is -0.384 e. The van der Waals surface area contributed by atoms with Crippen LogP contribution in [-0.4, -0.2) is 25.7 Å². The van der Waals surface area contributed by atoms with Crippen molar-refractivity contribution < 1.29 is 9.53 Å². The largest absolute Gasteiger partial charge is 0.384 e. The fourth-order valence-corrected chi connectivity index (χ4v) is 1.77. The Hall–Kier alpha value is -1.55. The SMILES string of the molecule is COCC(C)C(Nc1cccc(C)c1)C(N)=O. The predicted octanol–water partition coefficient (Wildman–Crippen LogP) is 1.54. The molecule has 17 heavy (non-hydrogen) atoms. The van der Waals surface area contributed by atoms with Gasteiger partial charge in [-0.05, 0) is 24.6 Å². The van der Waals surface area contributed by atoms with Gasteiger partial charge in [-0.1, -0.05) is 19.1 Å². The summed E-state index contributed by atoms with van der Waals surface area (Å²) in [5.74, 6) is -0.339. The third-order valence-electron chi connectivity index (χ3n) is 2.65. The zero-order valence-corrected chi connectivity index (χ0v) is 10.6. The van der Waals surface area contributed by atoms with E-state index in [0.717, 1.165) is 11.3 Å². The summed E-state index contributed by atoms with van der Waals surface area (Å²) in [5.41, 5.74) is 7.43. The smallest absolute Gasteiger partial charge is 0.240 e. The predicted molar refractivity (Wildman–Crippen MR) is 68.8 cm³/mol. The molecule has 0 fully saturated rings. The highest BCUT2D eigenvalue weighted by molar-refractivity contribution is 5.83. The van der Waals surface area contributed by atoms with E-state index < -0.39 is 6.04 Å². The van der Waals surface area contributed by atoms with Crippen LogP contribution in [0.1, 0.15) is 12.5 Å². The molecule has 0 aliphatic rings. The first-order valence-corrected chi connectivity index (χ1v) is 5.66. The number of anilines is 1. The molecule has 0 aliphatic heterocycles. The van der Waals surface area contributed by atoms with E-state index in [1.807, 2.05) is 38.1 Å².